The standard InChI is InChI=1S/C12H15BrFNO2/c1-2-15(6-3-7-16)12(17)10-8-9(13)4-5-11(10)14/h4-5,8,16H,2-3,6-7H2,1H3. The third-order valence-electron chi connectivity index (χ3n) is 2.41. The molecule has 17 heavy (non-hydrogen) atoms. The lowest BCUT2D eigenvalue weighted by Crippen LogP contribution is -2.32. The molecule has 0 saturated carbocycles. The molecule has 1 rings (SSSR count). The second-order valence-electron chi connectivity index (χ2n) is 3.59. The average molecular weight is 304 g/mol. The van der Waals surface area contributed by atoms with Crippen LogP contribution in [0.15, 0.2) is 22.7 Å². The van der Waals surface area contributed by atoms with E-state index in [1.165, 1.54) is 17.0 Å². The summed E-state index contributed by atoms with van der Waals surface area (Å²) >= 11 is 3.21. The molecule has 0 bridgehead atoms. The molecule has 0 aliphatic heterocycles. The Morgan fingerprint density at radius 3 is 2.82 bits per heavy atom. The van der Waals surface area contributed by atoms with Crippen molar-refractivity contribution >= 4 is 21.8 Å². The number of hydrogen-bond donors (Lipinski definition) is 1. The van der Waals surface area contributed by atoms with Gasteiger partial charge in [0.25, 0.3) is 5.91 Å². The van der Waals surface area contributed by atoms with Crippen molar-refractivity contribution in [2.75, 3.05) is 19.7 Å². The quantitative estimate of drug-likeness (QED) is 0.907. The Balaban J connectivity index is 2.89. The topological polar surface area (TPSA) is 40.5 Å². The van der Waals surface area contributed by atoms with E-state index in [1.807, 2.05) is 6.92 Å². The summed E-state index contributed by atoms with van der Waals surface area (Å²) in [6.07, 6.45) is 0.495. The van der Waals surface area contributed by atoms with Crippen LogP contribution in [0.2, 0.25) is 0 Å². The zero-order valence-electron chi connectivity index (χ0n) is 9.62. The second kappa shape index (κ2) is 6.71. The highest BCUT2D eigenvalue weighted by atomic mass is 79.9. The number of amides is 1. The molecule has 5 heteroatoms. The van der Waals surface area contributed by atoms with Crippen LogP contribution in [0.1, 0.15) is 23.7 Å². The Morgan fingerprint density at radius 2 is 2.24 bits per heavy atom. The summed E-state index contributed by atoms with van der Waals surface area (Å²) in [4.78, 5) is 13.6. The van der Waals surface area contributed by atoms with Gasteiger partial charge in [0.2, 0.25) is 0 Å². The fourth-order valence-corrected chi connectivity index (χ4v) is 1.86. The molecule has 0 aliphatic carbocycles. The molecule has 0 spiro atoms. The molecular weight excluding hydrogens is 289 g/mol. The number of carbonyl (C=O) groups is 1. The van der Waals surface area contributed by atoms with Crippen molar-refractivity contribution < 1.29 is 14.3 Å². The summed E-state index contributed by atoms with van der Waals surface area (Å²) in [5.41, 5.74) is 0.0548. The number of halogens is 2. The van der Waals surface area contributed by atoms with Crippen LogP contribution in [-0.4, -0.2) is 35.6 Å². The van der Waals surface area contributed by atoms with E-state index in [4.69, 9.17) is 5.11 Å². The molecular formula is C12H15BrFNO2. The van der Waals surface area contributed by atoms with E-state index >= 15 is 0 Å². The van der Waals surface area contributed by atoms with E-state index < -0.39 is 5.82 Å². The fraction of sp³-hybridized carbons (Fsp3) is 0.417. The van der Waals surface area contributed by atoms with Crippen molar-refractivity contribution in [2.24, 2.45) is 0 Å². The van der Waals surface area contributed by atoms with Crippen LogP contribution in [0.25, 0.3) is 0 Å². The zero-order valence-corrected chi connectivity index (χ0v) is 11.2. The molecule has 0 unspecified atom stereocenters. The smallest absolute Gasteiger partial charge is 0.256 e. The summed E-state index contributed by atoms with van der Waals surface area (Å²) in [5.74, 6) is -0.875. The molecule has 1 N–H and O–H groups in total. The van der Waals surface area contributed by atoms with Gasteiger partial charge in [-0.2, -0.15) is 0 Å². The normalized spacial score (nSPS) is 10.4. The van der Waals surface area contributed by atoms with Crippen molar-refractivity contribution in [3.63, 3.8) is 0 Å². The van der Waals surface area contributed by atoms with Crippen LogP contribution in [0.3, 0.4) is 0 Å². The maximum atomic E-state index is 13.5. The van der Waals surface area contributed by atoms with Gasteiger partial charge in [-0.1, -0.05) is 15.9 Å². The number of carbonyl (C=O) groups excluding carboxylic acids is 1. The Bertz CT molecular complexity index is 398. The van der Waals surface area contributed by atoms with Gasteiger partial charge in [-0.05, 0) is 31.5 Å². The van der Waals surface area contributed by atoms with Crippen LogP contribution < -0.4 is 0 Å². The molecule has 0 aliphatic rings. The molecule has 1 aromatic carbocycles. The lowest BCUT2D eigenvalue weighted by molar-refractivity contribution is 0.0749. The van der Waals surface area contributed by atoms with E-state index in [-0.39, 0.29) is 18.1 Å². The summed E-state index contributed by atoms with van der Waals surface area (Å²) in [7, 11) is 0. The Labute approximate surface area is 108 Å². The maximum absolute atomic E-state index is 13.5. The minimum Gasteiger partial charge on any atom is -0.396 e. The lowest BCUT2D eigenvalue weighted by atomic mass is 10.2. The largest absolute Gasteiger partial charge is 0.396 e. The highest BCUT2D eigenvalue weighted by Crippen LogP contribution is 2.17. The second-order valence-corrected chi connectivity index (χ2v) is 4.50. The Morgan fingerprint density at radius 1 is 1.53 bits per heavy atom. The molecule has 1 aromatic rings. The molecule has 0 aromatic heterocycles. The minimum atomic E-state index is -0.527. The van der Waals surface area contributed by atoms with E-state index in [1.54, 1.807) is 6.07 Å². The van der Waals surface area contributed by atoms with Gasteiger partial charge >= 0.3 is 0 Å². The van der Waals surface area contributed by atoms with E-state index in [0.29, 0.717) is 24.0 Å². The molecule has 0 heterocycles. The summed E-state index contributed by atoms with van der Waals surface area (Å²) in [5, 5.41) is 8.74. The number of nitrogens with zero attached hydrogens (tertiary/aromatic N) is 1. The van der Waals surface area contributed by atoms with Gasteiger partial charge < -0.3 is 10.0 Å². The highest BCUT2D eigenvalue weighted by Gasteiger charge is 2.17. The van der Waals surface area contributed by atoms with Gasteiger partial charge in [0.15, 0.2) is 0 Å². The van der Waals surface area contributed by atoms with Gasteiger partial charge in [-0.25, -0.2) is 4.39 Å². The first-order valence-corrected chi connectivity index (χ1v) is 6.24. The summed E-state index contributed by atoms with van der Waals surface area (Å²) < 4.78 is 14.2. The summed E-state index contributed by atoms with van der Waals surface area (Å²) in [6.45, 7) is 2.76. The first-order chi connectivity index (χ1) is 8.10. The fourth-order valence-electron chi connectivity index (χ4n) is 1.50. The van der Waals surface area contributed by atoms with Gasteiger partial charge in [-0.15, -0.1) is 0 Å². The van der Waals surface area contributed by atoms with Crippen molar-refractivity contribution in [3.8, 4) is 0 Å². The van der Waals surface area contributed by atoms with Crippen LogP contribution in [0.4, 0.5) is 4.39 Å². The van der Waals surface area contributed by atoms with Gasteiger partial charge in [-0.3, -0.25) is 4.79 Å². The monoisotopic (exact) mass is 303 g/mol. The van der Waals surface area contributed by atoms with Crippen molar-refractivity contribution in [1.29, 1.82) is 0 Å². The van der Waals surface area contributed by atoms with Gasteiger partial charge in [0.05, 0.1) is 5.56 Å². The third kappa shape index (κ3) is 3.78. The van der Waals surface area contributed by atoms with Crippen molar-refractivity contribution in [1.82, 2.24) is 4.90 Å². The number of benzene rings is 1. The lowest BCUT2D eigenvalue weighted by Gasteiger charge is -2.20. The average Bonchev–Trinajstić information content (AvgIpc) is 2.33. The van der Waals surface area contributed by atoms with Gasteiger partial charge in [0, 0.05) is 24.2 Å². The maximum Gasteiger partial charge on any atom is 0.256 e. The van der Waals surface area contributed by atoms with E-state index in [0.717, 1.165) is 0 Å². The third-order valence-corrected chi connectivity index (χ3v) is 2.91. The van der Waals surface area contributed by atoms with E-state index in [2.05, 4.69) is 15.9 Å². The molecule has 0 radical (unpaired) electrons. The zero-order chi connectivity index (χ0) is 12.8. The number of hydrogen-bond acceptors (Lipinski definition) is 2. The number of aliphatic hydroxyl groups is 1. The SMILES string of the molecule is CCN(CCCO)C(=O)c1cc(Br)ccc1F. The predicted octanol–water partition coefficient (Wildman–Crippen LogP) is 2.43. The molecule has 1 amide bonds. The minimum absolute atomic E-state index is 0.0186. The molecule has 0 atom stereocenters. The first-order valence-electron chi connectivity index (χ1n) is 5.45. The van der Waals surface area contributed by atoms with Crippen LogP contribution in [-0.2, 0) is 0 Å². The van der Waals surface area contributed by atoms with E-state index in [9.17, 15) is 9.18 Å². The van der Waals surface area contributed by atoms with Crippen molar-refractivity contribution in [2.45, 2.75) is 13.3 Å². The molecule has 0 saturated heterocycles. The first kappa shape index (κ1) is 14.1. The van der Waals surface area contributed by atoms with Crippen LogP contribution >= 0.6 is 15.9 Å². The molecule has 94 valence electrons. The number of rotatable bonds is 5. The van der Waals surface area contributed by atoms with Gasteiger partial charge in [0.1, 0.15) is 5.82 Å². The number of aliphatic hydroxyl groups excluding tert-OH is 1. The molecule has 0 fully saturated rings. The van der Waals surface area contributed by atoms with Crippen molar-refractivity contribution in [3.05, 3.63) is 34.1 Å². The highest BCUT2D eigenvalue weighted by molar-refractivity contribution is 9.10. The Kier molecular flexibility index (Phi) is 5.58. The predicted molar refractivity (Wildman–Crippen MR) is 67.4 cm³/mol. The van der Waals surface area contributed by atoms with Crippen LogP contribution in [0, 0.1) is 5.82 Å². The Hall–Kier alpha value is -0.940. The molecule has 3 nitrogen and oxygen atoms in total. The van der Waals surface area contributed by atoms with Crippen LogP contribution in [0.5, 0.6) is 0 Å². The summed E-state index contributed by atoms with van der Waals surface area (Å²) in [6, 6.07) is 4.28.